The van der Waals surface area contributed by atoms with Crippen LogP contribution >= 0.6 is 0 Å². The van der Waals surface area contributed by atoms with Crippen LogP contribution in [0.2, 0.25) is 0 Å². The number of rotatable bonds is 7. The molecule has 2 aliphatic rings. The predicted octanol–water partition coefficient (Wildman–Crippen LogP) is 3.27. The van der Waals surface area contributed by atoms with Gasteiger partial charge >= 0.3 is 0 Å². The fourth-order valence-electron chi connectivity index (χ4n) is 4.05. The van der Waals surface area contributed by atoms with Crippen molar-refractivity contribution in [3.63, 3.8) is 0 Å². The number of ketones is 1. The van der Waals surface area contributed by atoms with Gasteiger partial charge in [0.1, 0.15) is 10.5 Å². The lowest BCUT2D eigenvalue weighted by Gasteiger charge is -2.27. The number of fused-ring (bicyclic) bond motifs is 1. The first-order valence-electron chi connectivity index (χ1n) is 11.0. The molecule has 176 valence electrons. The van der Waals surface area contributed by atoms with Crippen molar-refractivity contribution in [2.75, 3.05) is 27.3 Å². The Morgan fingerprint density at radius 2 is 2.03 bits per heavy atom. The molecule has 0 saturated carbocycles. The van der Waals surface area contributed by atoms with Gasteiger partial charge in [0, 0.05) is 51.8 Å². The van der Waals surface area contributed by atoms with Crippen LogP contribution in [0.25, 0.3) is 11.0 Å². The van der Waals surface area contributed by atoms with Crippen LogP contribution in [0.3, 0.4) is 0 Å². The highest BCUT2D eigenvalue weighted by Gasteiger charge is 2.39. The van der Waals surface area contributed by atoms with E-state index in [0.29, 0.717) is 43.6 Å². The van der Waals surface area contributed by atoms with Crippen molar-refractivity contribution in [1.29, 1.82) is 0 Å². The van der Waals surface area contributed by atoms with Gasteiger partial charge in [-0.1, -0.05) is 24.3 Å². The van der Waals surface area contributed by atoms with Gasteiger partial charge in [0.05, 0.1) is 5.39 Å². The first-order chi connectivity index (χ1) is 15.7. The zero-order valence-corrected chi connectivity index (χ0v) is 19.9. The highest BCUT2D eigenvalue weighted by molar-refractivity contribution is 7.91. The minimum Gasteiger partial charge on any atom is -0.451 e. The molecule has 0 amide bonds. The van der Waals surface area contributed by atoms with Crippen molar-refractivity contribution in [2.24, 2.45) is 5.92 Å². The number of nitrogens with zero attached hydrogens (tertiary/aromatic N) is 3. The van der Waals surface area contributed by atoms with E-state index in [1.165, 1.54) is 16.4 Å². The lowest BCUT2D eigenvalue weighted by Crippen LogP contribution is -2.37. The Kier molecular flexibility index (Phi) is 6.45. The number of hydrogen-bond donors (Lipinski definition) is 0. The largest absolute Gasteiger partial charge is 0.451 e. The molecular formula is C24H29N3O5S. The monoisotopic (exact) mass is 471 g/mol. The molecule has 2 aromatic heterocycles. The zero-order valence-electron chi connectivity index (χ0n) is 19.1. The summed E-state index contributed by atoms with van der Waals surface area (Å²) in [6.07, 6.45) is 13.4. The maximum atomic E-state index is 13.5. The lowest BCUT2D eigenvalue weighted by atomic mass is 9.94. The standard InChI is InChI=1S/C24H29N3O5S/c1-24(11-5-4-6-12-24)33(29,30)27-14-8-19-20(7-13-25-23(19)27)32-21(17-26(2)3)22(28)18-9-15-31-16-10-18/h4-8,11,13-14,17-18H,9-10,12,15-16H2,1-3H3/b21-17+. The van der Waals surface area contributed by atoms with Crippen molar-refractivity contribution in [1.82, 2.24) is 13.9 Å². The number of ether oxygens (including phenoxy) is 2. The van der Waals surface area contributed by atoms with E-state index in [4.69, 9.17) is 9.47 Å². The third-order valence-electron chi connectivity index (χ3n) is 6.01. The molecule has 3 heterocycles. The summed E-state index contributed by atoms with van der Waals surface area (Å²) in [4.78, 5) is 19.3. The fourth-order valence-corrected chi connectivity index (χ4v) is 5.65. The van der Waals surface area contributed by atoms with Crippen molar-refractivity contribution in [2.45, 2.75) is 30.9 Å². The number of allylic oxidation sites excluding steroid dienone is 4. The molecule has 4 rings (SSSR count). The van der Waals surface area contributed by atoms with E-state index in [-0.39, 0.29) is 23.1 Å². The van der Waals surface area contributed by atoms with E-state index in [1.807, 2.05) is 26.2 Å². The van der Waals surface area contributed by atoms with Gasteiger partial charge in [-0.05, 0) is 38.3 Å². The molecular weight excluding hydrogens is 442 g/mol. The minimum atomic E-state index is -3.79. The van der Waals surface area contributed by atoms with E-state index in [0.717, 1.165) is 0 Å². The first-order valence-corrected chi connectivity index (χ1v) is 12.4. The second-order valence-electron chi connectivity index (χ2n) is 8.78. The molecule has 1 fully saturated rings. The van der Waals surface area contributed by atoms with Crippen LogP contribution in [-0.2, 0) is 19.6 Å². The number of hydrogen-bond acceptors (Lipinski definition) is 7. The highest BCUT2D eigenvalue weighted by Crippen LogP contribution is 2.34. The first kappa shape index (κ1) is 23.3. The summed E-state index contributed by atoms with van der Waals surface area (Å²) in [5, 5.41) is 0.518. The van der Waals surface area contributed by atoms with Crippen molar-refractivity contribution >= 4 is 26.8 Å². The fraction of sp³-hybridized carbons (Fsp3) is 0.417. The predicted molar refractivity (Wildman–Crippen MR) is 126 cm³/mol. The third kappa shape index (κ3) is 4.47. The molecule has 0 aromatic carbocycles. The smallest absolute Gasteiger partial charge is 0.249 e. The zero-order chi connectivity index (χ0) is 23.6. The maximum absolute atomic E-state index is 13.5. The van der Waals surface area contributed by atoms with Gasteiger partial charge in [-0.2, -0.15) is 0 Å². The molecule has 8 nitrogen and oxygen atoms in total. The molecule has 9 heteroatoms. The van der Waals surface area contributed by atoms with Crippen LogP contribution in [0.1, 0.15) is 26.2 Å². The van der Waals surface area contributed by atoms with Gasteiger partial charge in [0.15, 0.2) is 11.4 Å². The summed E-state index contributed by atoms with van der Waals surface area (Å²) in [6.45, 7) is 2.79. The Morgan fingerprint density at radius 1 is 1.27 bits per heavy atom. The van der Waals surface area contributed by atoms with E-state index >= 15 is 0 Å². The normalized spacial score (nSPS) is 22.0. The summed E-state index contributed by atoms with van der Waals surface area (Å²) >= 11 is 0. The van der Waals surface area contributed by atoms with Crippen LogP contribution in [0.15, 0.2) is 60.8 Å². The summed E-state index contributed by atoms with van der Waals surface area (Å²) in [7, 11) is -0.149. The van der Waals surface area contributed by atoms with Crippen molar-refractivity contribution in [3.05, 3.63) is 60.8 Å². The van der Waals surface area contributed by atoms with Gasteiger partial charge in [-0.3, -0.25) is 4.79 Å². The van der Waals surface area contributed by atoms with Gasteiger partial charge < -0.3 is 14.4 Å². The Labute approximate surface area is 194 Å². The average Bonchev–Trinajstić information content (AvgIpc) is 3.25. The molecule has 2 aromatic rings. The van der Waals surface area contributed by atoms with E-state index in [9.17, 15) is 13.2 Å². The molecule has 1 aliphatic heterocycles. The lowest BCUT2D eigenvalue weighted by molar-refractivity contribution is -0.124. The Bertz CT molecular complexity index is 1240. The average molecular weight is 472 g/mol. The molecule has 1 unspecified atom stereocenters. The Morgan fingerprint density at radius 3 is 2.70 bits per heavy atom. The van der Waals surface area contributed by atoms with E-state index in [1.54, 1.807) is 42.3 Å². The number of carbonyl (C=O) groups is 1. The molecule has 1 aliphatic carbocycles. The van der Waals surface area contributed by atoms with Crippen LogP contribution in [0.4, 0.5) is 0 Å². The molecule has 0 bridgehead atoms. The number of pyridine rings is 1. The maximum Gasteiger partial charge on any atom is 0.249 e. The summed E-state index contributed by atoms with van der Waals surface area (Å²) in [5.41, 5.74) is 0.263. The molecule has 0 radical (unpaired) electrons. The van der Waals surface area contributed by atoms with Crippen LogP contribution < -0.4 is 4.74 Å². The molecule has 0 N–H and O–H groups in total. The SMILES string of the molecule is CN(C)/C=C(/Oc1ccnc2c1ccn2S(=O)(=O)C1(C)C=CC=CC1)C(=O)C1CCOCC1. The Balaban J connectivity index is 1.70. The van der Waals surface area contributed by atoms with Gasteiger partial charge in [0.2, 0.25) is 15.8 Å². The summed E-state index contributed by atoms with van der Waals surface area (Å²) in [6, 6.07) is 3.30. The molecule has 1 saturated heterocycles. The minimum absolute atomic E-state index is 0.0874. The topological polar surface area (TPSA) is 90.7 Å². The van der Waals surface area contributed by atoms with Crippen molar-refractivity contribution < 1.29 is 22.7 Å². The highest BCUT2D eigenvalue weighted by atomic mass is 32.2. The van der Waals surface area contributed by atoms with Gasteiger partial charge in [-0.15, -0.1) is 0 Å². The second-order valence-corrected chi connectivity index (χ2v) is 11.1. The third-order valence-corrected chi connectivity index (χ3v) is 8.31. The van der Waals surface area contributed by atoms with Crippen molar-refractivity contribution in [3.8, 4) is 5.75 Å². The van der Waals surface area contributed by atoms with Crippen LogP contribution in [-0.4, -0.2) is 60.1 Å². The second kappa shape index (κ2) is 9.15. The number of carbonyl (C=O) groups excluding carboxylic acids is 1. The molecule has 0 spiro atoms. The quantitative estimate of drug-likeness (QED) is 0.452. The van der Waals surface area contributed by atoms with Gasteiger partial charge in [0.25, 0.3) is 0 Å². The van der Waals surface area contributed by atoms with E-state index < -0.39 is 14.8 Å². The summed E-state index contributed by atoms with van der Waals surface area (Å²) < 4.78 is 38.6. The summed E-state index contributed by atoms with van der Waals surface area (Å²) in [5.74, 6) is 0.336. The van der Waals surface area contributed by atoms with Crippen LogP contribution in [0, 0.1) is 5.92 Å². The molecule has 33 heavy (non-hydrogen) atoms. The Hall–Kier alpha value is -2.91. The number of Topliss-reactive ketones (excluding diaryl/α,β-unsaturated/α-hetero) is 1. The van der Waals surface area contributed by atoms with E-state index in [2.05, 4.69) is 4.98 Å². The van der Waals surface area contributed by atoms with Crippen LogP contribution in [0.5, 0.6) is 5.75 Å². The van der Waals surface area contributed by atoms with Gasteiger partial charge in [-0.25, -0.2) is 17.4 Å². The molecule has 1 atom stereocenters. The number of aromatic nitrogens is 2.